The molecule has 2 aromatic rings. The van der Waals surface area contributed by atoms with Crippen LogP contribution in [0.15, 0.2) is 47.4 Å². The van der Waals surface area contributed by atoms with Gasteiger partial charge in [0.2, 0.25) is 15.9 Å². The number of carbonyl (C=O) groups excluding carboxylic acids is 1. The van der Waals surface area contributed by atoms with Crippen LogP contribution in [0, 0.1) is 0 Å². The van der Waals surface area contributed by atoms with Crippen LogP contribution in [-0.4, -0.2) is 55.8 Å². The first-order chi connectivity index (χ1) is 18.6. The molecule has 3 heterocycles. The number of ether oxygens (including phenoxy) is 1. The van der Waals surface area contributed by atoms with Crippen LogP contribution < -0.4 is 10.1 Å². The van der Waals surface area contributed by atoms with Crippen LogP contribution in [0.3, 0.4) is 0 Å². The highest BCUT2D eigenvalue weighted by molar-refractivity contribution is 7.89. The van der Waals surface area contributed by atoms with Crippen LogP contribution in [0.4, 0.5) is 13.2 Å². The van der Waals surface area contributed by atoms with E-state index in [1.165, 1.54) is 35.2 Å². The largest absolute Gasteiger partial charge is 0.493 e. The quantitative estimate of drug-likeness (QED) is 0.518. The molecular formula is C28H34F3N3O4S. The molecule has 0 aliphatic carbocycles. The minimum atomic E-state index is -4.65. The van der Waals surface area contributed by atoms with Gasteiger partial charge in [-0.05, 0) is 68.6 Å². The summed E-state index contributed by atoms with van der Waals surface area (Å²) in [6, 6.07) is 9.01. The summed E-state index contributed by atoms with van der Waals surface area (Å²) in [7, 11) is -4.19. The molecule has 7 nitrogen and oxygen atoms in total. The Labute approximate surface area is 227 Å². The molecule has 0 bridgehead atoms. The van der Waals surface area contributed by atoms with Crippen molar-refractivity contribution >= 4 is 15.9 Å². The molecule has 0 unspecified atom stereocenters. The standard InChI is InChI=1S/C28H34F3N3O4S/c29-28(30,31)21-6-4-8-23(17-21)39(36,37)34-14-5-7-22(34)18-27(35)32-25-11-15-38-26-16-20(9-10-24(25)26)19-33-12-2-1-3-13-33/h4,6,8-10,16-17,22,25H,1-3,5,7,11-15,18-19H2,(H,32,35)/t22-,25+/m0/s1. The number of halogens is 3. The van der Waals surface area contributed by atoms with E-state index in [1.54, 1.807) is 0 Å². The van der Waals surface area contributed by atoms with Gasteiger partial charge in [-0.25, -0.2) is 8.42 Å². The zero-order valence-corrected chi connectivity index (χ0v) is 22.6. The summed E-state index contributed by atoms with van der Waals surface area (Å²) in [5.74, 6) is 0.470. The minimum Gasteiger partial charge on any atom is -0.493 e. The lowest BCUT2D eigenvalue weighted by Crippen LogP contribution is -2.40. The Bertz CT molecular complexity index is 1300. The number of rotatable bonds is 7. The van der Waals surface area contributed by atoms with Gasteiger partial charge >= 0.3 is 6.18 Å². The molecule has 2 atom stereocenters. The van der Waals surface area contributed by atoms with E-state index in [2.05, 4.69) is 16.3 Å². The monoisotopic (exact) mass is 565 g/mol. The van der Waals surface area contributed by atoms with Crippen LogP contribution >= 0.6 is 0 Å². The van der Waals surface area contributed by atoms with E-state index in [0.717, 1.165) is 43.1 Å². The number of alkyl halides is 3. The summed E-state index contributed by atoms with van der Waals surface area (Å²) in [6.45, 7) is 3.68. The third-order valence-electron chi connectivity index (χ3n) is 7.82. The maximum Gasteiger partial charge on any atom is 0.416 e. The Morgan fingerprint density at radius 1 is 1.00 bits per heavy atom. The summed E-state index contributed by atoms with van der Waals surface area (Å²) in [5.41, 5.74) is 1.05. The Morgan fingerprint density at radius 3 is 2.56 bits per heavy atom. The summed E-state index contributed by atoms with van der Waals surface area (Å²) in [4.78, 5) is 15.1. The van der Waals surface area contributed by atoms with E-state index in [0.29, 0.717) is 31.9 Å². The molecule has 5 rings (SSSR count). The third kappa shape index (κ3) is 6.41. The maximum absolute atomic E-state index is 13.2. The van der Waals surface area contributed by atoms with E-state index < -0.39 is 32.7 Å². The van der Waals surface area contributed by atoms with E-state index in [4.69, 9.17) is 4.74 Å². The number of piperidine rings is 1. The predicted octanol–water partition coefficient (Wildman–Crippen LogP) is 4.87. The van der Waals surface area contributed by atoms with Crippen LogP contribution in [0.25, 0.3) is 0 Å². The number of hydrogen-bond donors (Lipinski definition) is 1. The minimum absolute atomic E-state index is 0.0576. The third-order valence-corrected chi connectivity index (χ3v) is 9.77. The topological polar surface area (TPSA) is 79.0 Å². The SMILES string of the molecule is O=C(C[C@@H]1CCCN1S(=O)(=O)c1cccc(C(F)(F)F)c1)N[C@@H]1CCOc2cc(CN3CCCCC3)ccc21. The smallest absolute Gasteiger partial charge is 0.416 e. The normalized spacial score (nSPS) is 22.7. The van der Waals surface area contributed by atoms with Gasteiger partial charge in [0.05, 0.1) is 23.1 Å². The van der Waals surface area contributed by atoms with Crippen LogP contribution in [0.2, 0.25) is 0 Å². The van der Waals surface area contributed by atoms with Gasteiger partial charge in [-0.2, -0.15) is 17.5 Å². The summed E-state index contributed by atoms with van der Waals surface area (Å²) in [5, 5.41) is 3.04. The number of nitrogens with one attached hydrogen (secondary N) is 1. The number of fused-ring (bicyclic) bond motifs is 1. The summed E-state index contributed by atoms with van der Waals surface area (Å²) < 4.78 is 73.1. The fraction of sp³-hybridized carbons (Fsp3) is 0.536. The highest BCUT2D eigenvalue weighted by Crippen LogP contribution is 2.35. The Balaban J connectivity index is 1.24. The summed E-state index contributed by atoms with van der Waals surface area (Å²) in [6.07, 6.45) is 0.612. The molecular weight excluding hydrogens is 531 g/mol. The van der Waals surface area contributed by atoms with Crippen molar-refractivity contribution in [2.24, 2.45) is 0 Å². The molecule has 2 aromatic carbocycles. The first kappa shape index (κ1) is 27.9. The molecule has 212 valence electrons. The molecule has 1 amide bonds. The highest BCUT2D eigenvalue weighted by atomic mass is 32.2. The van der Waals surface area contributed by atoms with Gasteiger partial charge in [0, 0.05) is 37.5 Å². The van der Waals surface area contributed by atoms with Crippen molar-refractivity contribution in [3.63, 3.8) is 0 Å². The lowest BCUT2D eigenvalue weighted by atomic mass is 9.98. The number of amides is 1. The Hall–Kier alpha value is -2.63. The summed E-state index contributed by atoms with van der Waals surface area (Å²) >= 11 is 0. The average molecular weight is 566 g/mol. The fourth-order valence-corrected chi connectivity index (χ4v) is 7.56. The molecule has 39 heavy (non-hydrogen) atoms. The molecule has 0 saturated carbocycles. The molecule has 3 aliphatic rings. The zero-order valence-electron chi connectivity index (χ0n) is 21.8. The number of likely N-dealkylation sites (tertiary alicyclic amines) is 1. The van der Waals surface area contributed by atoms with Gasteiger partial charge in [-0.3, -0.25) is 9.69 Å². The lowest BCUT2D eigenvalue weighted by molar-refractivity contribution is -0.137. The Morgan fingerprint density at radius 2 is 1.79 bits per heavy atom. The van der Waals surface area contributed by atoms with E-state index in [9.17, 15) is 26.4 Å². The first-order valence-corrected chi connectivity index (χ1v) is 15.0. The molecule has 0 radical (unpaired) electrons. The van der Waals surface area contributed by atoms with Crippen LogP contribution in [0.5, 0.6) is 5.75 Å². The number of nitrogens with zero attached hydrogens (tertiary/aromatic N) is 2. The zero-order chi connectivity index (χ0) is 27.6. The number of carbonyl (C=O) groups is 1. The molecule has 11 heteroatoms. The van der Waals surface area contributed by atoms with Crippen molar-refractivity contribution in [2.75, 3.05) is 26.2 Å². The van der Waals surface area contributed by atoms with Crippen molar-refractivity contribution in [1.29, 1.82) is 0 Å². The van der Waals surface area contributed by atoms with Crippen molar-refractivity contribution in [1.82, 2.24) is 14.5 Å². The Kier molecular flexibility index (Phi) is 8.21. The maximum atomic E-state index is 13.2. The van der Waals surface area contributed by atoms with Crippen LogP contribution in [0.1, 0.15) is 67.7 Å². The molecule has 0 spiro atoms. The van der Waals surface area contributed by atoms with Crippen LogP contribution in [-0.2, 0) is 27.5 Å². The van der Waals surface area contributed by atoms with E-state index in [1.807, 2.05) is 12.1 Å². The molecule has 3 aliphatic heterocycles. The molecule has 1 N–H and O–H groups in total. The van der Waals surface area contributed by atoms with Gasteiger partial charge in [0.25, 0.3) is 0 Å². The lowest BCUT2D eigenvalue weighted by Gasteiger charge is -2.30. The van der Waals surface area contributed by atoms with Gasteiger partial charge in [0.15, 0.2) is 0 Å². The number of hydrogen-bond acceptors (Lipinski definition) is 5. The predicted molar refractivity (Wildman–Crippen MR) is 140 cm³/mol. The molecule has 2 fully saturated rings. The van der Waals surface area contributed by atoms with Gasteiger partial charge in [-0.15, -0.1) is 0 Å². The van der Waals surface area contributed by atoms with Gasteiger partial charge < -0.3 is 10.1 Å². The fourth-order valence-electron chi connectivity index (χ4n) is 5.82. The van der Waals surface area contributed by atoms with Crippen molar-refractivity contribution in [3.8, 4) is 5.75 Å². The number of sulfonamides is 1. The van der Waals surface area contributed by atoms with Gasteiger partial charge in [0.1, 0.15) is 5.75 Å². The second-order valence-corrected chi connectivity index (χ2v) is 12.5. The molecule has 2 saturated heterocycles. The second-order valence-electron chi connectivity index (χ2n) is 10.6. The van der Waals surface area contributed by atoms with Crippen molar-refractivity contribution in [2.45, 2.75) is 74.6 Å². The van der Waals surface area contributed by atoms with Crippen molar-refractivity contribution in [3.05, 3.63) is 59.2 Å². The van der Waals surface area contributed by atoms with Gasteiger partial charge in [-0.1, -0.05) is 24.6 Å². The second kappa shape index (κ2) is 11.5. The van der Waals surface area contributed by atoms with E-state index >= 15 is 0 Å². The highest BCUT2D eigenvalue weighted by Gasteiger charge is 2.38. The van der Waals surface area contributed by atoms with E-state index in [-0.39, 0.29) is 24.9 Å². The molecule has 0 aromatic heterocycles. The van der Waals surface area contributed by atoms with Crippen molar-refractivity contribution < 1.29 is 31.1 Å². The average Bonchev–Trinajstić information content (AvgIpc) is 3.38. The first-order valence-electron chi connectivity index (χ1n) is 13.6. The number of benzene rings is 2.